The summed E-state index contributed by atoms with van der Waals surface area (Å²) in [7, 11) is 0. The molecule has 0 bridgehead atoms. The van der Waals surface area contributed by atoms with Crippen LogP contribution >= 0.6 is 23.4 Å². The maximum Gasteiger partial charge on any atom is 0.250 e. The van der Waals surface area contributed by atoms with Gasteiger partial charge in [0.2, 0.25) is 0 Å². The van der Waals surface area contributed by atoms with E-state index in [-0.39, 0.29) is 11.7 Å². The Balaban J connectivity index is 1.58. The molecule has 3 aromatic rings. The molecule has 0 atom stereocenters. The lowest BCUT2D eigenvalue weighted by Crippen LogP contribution is -2.20. The van der Waals surface area contributed by atoms with Gasteiger partial charge in [-0.1, -0.05) is 65.8 Å². The number of benzene rings is 2. The van der Waals surface area contributed by atoms with Crippen LogP contribution in [0.5, 0.6) is 0 Å². The molecule has 0 radical (unpaired) electrons. The topological polar surface area (TPSA) is 72.2 Å². The Kier molecular flexibility index (Phi) is 6.62. The average molecular weight is 400 g/mol. The molecule has 1 amide bonds. The quantitative estimate of drug-likeness (QED) is 0.372. The zero-order valence-corrected chi connectivity index (χ0v) is 16.2. The van der Waals surface area contributed by atoms with Crippen molar-refractivity contribution in [2.45, 2.75) is 18.6 Å². The SMILES string of the molecule is CCn1c(SCC(=O)NN=Cc2cccc(Cl)c2)nnc1-c1ccccc1. The third kappa shape index (κ3) is 5.18. The van der Waals surface area contributed by atoms with E-state index in [1.807, 2.05) is 54.0 Å². The predicted molar refractivity (Wildman–Crippen MR) is 109 cm³/mol. The Morgan fingerprint density at radius 1 is 1.22 bits per heavy atom. The van der Waals surface area contributed by atoms with Gasteiger partial charge in [-0.15, -0.1) is 10.2 Å². The monoisotopic (exact) mass is 399 g/mol. The summed E-state index contributed by atoms with van der Waals surface area (Å²) in [5, 5.41) is 13.7. The van der Waals surface area contributed by atoms with Gasteiger partial charge in [-0.05, 0) is 24.6 Å². The van der Waals surface area contributed by atoms with Crippen molar-refractivity contribution in [1.29, 1.82) is 0 Å². The van der Waals surface area contributed by atoms with Gasteiger partial charge < -0.3 is 4.57 Å². The number of carbonyl (C=O) groups excluding carboxylic acids is 1. The molecule has 0 spiro atoms. The summed E-state index contributed by atoms with van der Waals surface area (Å²) in [5.41, 5.74) is 4.31. The van der Waals surface area contributed by atoms with Crippen molar-refractivity contribution in [1.82, 2.24) is 20.2 Å². The molecule has 1 aromatic heterocycles. The minimum absolute atomic E-state index is 0.194. The molecular weight excluding hydrogens is 382 g/mol. The number of hydrazone groups is 1. The van der Waals surface area contributed by atoms with Crippen LogP contribution in [0.4, 0.5) is 0 Å². The molecule has 1 heterocycles. The van der Waals surface area contributed by atoms with Crippen LogP contribution < -0.4 is 5.43 Å². The Bertz CT molecular complexity index is 942. The second-order valence-electron chi connectivity index (χ2n) is 5.55. The van der Waals surface area contributed by atoms with Crippen LogP contribution in [0.25, 0.3) is 11.4 Å². The van der Waals surface area contributed by atoms with E-state index in [2.05, 4.69) is 20.7 Å². The number of hydrogen-bond acceptors (Lipinski definition) is 5. The van der Waals surface area contributed by atoms with Gasteiger partial charge in [0.25, 0.3) is 5.91 Å². The molecule has 0 aliphatic carbocycles. The fraction of sp³-hybridized carbons (Fsp3) is 0.158. The van der Waals surface area contributed by atoms with Crippen molar-refractivity contribution < 1.29 is 4.79 Å². The van der Waals surface area contributed by atoms with E-state index in [1.54, 1.807) is 18.3 Å². The number of thioether (sulfide) groups is 1. The first kappa shape index (κ1) is 19.1. The van der Waals surface area contributed by atoms with Gasteiger partial charge in [0.1, 0.15) is 0 Å². The predicted octanol–water partition coefficient (Wildman–Crippen LogP) is 3.86. The molecule has 0 unspecified atom stereocenters. The van der Waals surface area contributed by atoms with Gasteiger partial charge in [-0.25, -0.2) is 5.43 Å². The highest BCUT2D eigenvalue weighted by molar-refractivity contribution is 7.99. The van der Waals surface area contributed by atoms with Crippen molar-refractivity contribution >= 4 is 35.5 Å². The average Bonchev–Trinajstić information content (AvgIpc) is 3.10. The number of rotatable bonds is 7. The third-order valence-corrected chi connectivity index (χ3v) is 4.85. The van der Waals surface area contributed by atoms with E-state index in [1.165, 1.54) is 11.8 Å². The molecule has 0 saturated heterocycles. The maximum absolute atomic E-state index is 12.0. The summed E-state index contributed by atoms with van der Waals surface area (Å²) < 4.78 is 1.99. The molecule has 6 nitrogen and oxygen atoms in total. The van der Waals surface area contributed by atoms with E-state index in [4.69, 9.17) is 11.6 Å². The summed E-state index contributed by atoms with van der Waals surface area (Å²) in [6, 6.07) is 17.1. The van der Waals surface area contributed by atoms with Gasteiger partial charge in [0, 0.05) is 17.1 Å². The van der Waals surface area contributed by atoms with Crippen LogP contribution in [0, 0.1) is 0 Å². The van der Waals surface area contributed by atoms with E-state index in [9.17, 15) is 4.79 Å². The third-order valence-electron chi connectivity index (χ3n) is 3.65. The lowest BCUT2D eigenvalue weighted by atomic mass is 10.2. The first-order valence-corrected chi connectivity index (χ1v) is 9.72. The smallest absolute Gasteiger partial charge is 0.250 e. The summed E-state index contributed by atoms with van der Waals surface area (Å²) >= 11 is 7.24. The summed E-state index contributed by atoms with van der Waals surface area (Å²) in [4.78, 5) is 12.0. The van der Waals surface area contributed by atoms with Crippen molar-refractivity contribution in [3.8, 4) is 11.4 Å². The minimum Gasteiger partial charge on any atom is -0.302 e. The summed E-state index contributed by atoms with van der Waals surface area (Å²) in [5.74, 6) is 0.768. The van der Waals surface area contributed by atoms with Gasteiger partial charge in [-0.3, -0.25) is 4.79 Å². The lowest BCUT2D eigenvalue weighted by molar-refractivity contribution is -0.118. The number of amides is 1. The molecule has 8 heteroatoms. The highest BCUT2D eigenvalue weighted by atomic mass is 35.5. The molecule has 0 saturated carbocycles. The second-order valence-corrected chi connectivity index (χ2v) is 6.93. The Labute approximate surface area is 166 Å². The number of carbonyl (C=O) groups is 1. The van der Waals surface area contributed by atoms with E-state index in [0.29, 0.717) is 16.7 Å². The normalized spacial score (nSPS) is 11.0. The molecular formula is C19H18ClN5OS. The number of halogens is 1. The molecule has 0 fully saturated rings. The highest BCUT2D eigenvalue weighted by Crippen LogP contribution is 2.23. The largest absolute Gasteiger partial charge is 0.302 e. The van der Waals surface area contributed by atoms with Crippen molar-refractivity contribution in [3.05, 3.63) is 65.2 Å². The molecule has 138 valence electrons. The van der Waals surface area contributed by atoms with Crippen LogP contribution in [0.15, 0.2) is 64.9 Å². The van der Waals surface area contributed by atoms with Gasteiger partial charge >= 0.3 is 0 Å². The molecule has 2 aromatic carbocycles. The van der Waals surface area contributed by atoms with Gasteiger partial charge in [0.15, 0.2) is 11.0 Å². The fourth-order valence-electron chi connectivity index (χ4n) is 2.41. The van der Waals surface area contributed by atoms with Crippen LogP contribution in [0.1, 0.15) is 12.5 Å². The van der Waals surface area contributed by atoms with E-state index < -0.39 is 0 Å². The fourth-order valence-corrected chi connectivity index (χ4v) is 3.40. The zero-order chi connectivity index (χ0) is 19.1. The first-order valence-electron chi connectivity index (χ1n) is 8.36. The second kappa shape index (κ2) is 9.34. The van der Waals surface area contributed by atoms with Gasteiger partial charge in [0.05, 0.1) is 12.0 Å². The van der Waals surface area contributed by atoms with Gasteiger partial charge in [-0.2, -0.15) is 5.10 Å². The minimum atomic E-state index is -0.217. The molecule has 0 aliphatic rings. The van der Waals surface area contributed by atoms with Crippen molar-refractivity contribution in [2.75, 3.05) is 5.75 Å². The number of nitrogens with zero attached hydrogens (tertiary/aromatic N) is 4. The van der Waals surface area contributed by atoms with E-state index in [0.717, 1.165) is 17.0 Å². The molecule has 27 heavy (non-hydrogen) atoms. The van der Waals surface area contributed by atoms with Crippen molar-refractivity contribution in [3.63, 3.8) is 0 Å². The zero-order valence-electron chi connectivity index (χ0n) is 14.7. The number of aromatic nitrogens is 3. The Morgan fingerprint density at radius 3 is 2.78 bits per heavy atom. The number of hydrogen-bond donors (Lipinski definition) is 1. The Hall–Kier alpha value is -2.64. The van der Waals surface area contributed by atoms with Crippen molar-refractivity contribution in [2.24, 2.45) is 5.10 Å². The van der Waals surface area contributed by atoms with Crippen LogP contribution in [0.2, 0.25) is 5.02 Å². The number of nitrogens with one attached hydrogen (secondary N) is 1. The molecule has 0 aliphatic heterocycles. The molecule has 3 rings (SSSR count). The lowest BCUT2D eigenvalue weighted by Gasteiger charge is -2.06. The van der Waals surface area contributed by atoms with Crippen LogP contribution in [-0.4, -0.2) is 32.6 Å². The van der Waals surface area contributed by atoms with E-state index >= 15 is 0 Å². The maximum atomic E-state index is 12.0. The van der Waals surface area contributed by atoms with Crippen LogP contribution in [-0.2, 0) is 11.3 Å². The highest BCUT2D eigenvalue weighted by Gasteiger charge is 2.14. The van der Waals surface area contributed by atoms with Crippen LogP contribution in [0.3, 0.4) is 0 Å². The summed E-state index contributed by atoms with van der Waals surface area (Å²) in [6.45, 7) is 2.74. The molecule has 1 N–H and O–H groups in total. The summed E-state index contributed by atoms with van der Waals surface area (Å²) in [6.07, 6.45) is 1.55. The Morgan fingerprint density at radius 2 is 2.04 bits per heavy atom. The standard InChI is InChI=1S/C19H18ClN5OS/c1-2-25-18(15-8-4-3-5-9-15)23-24-19(25)27-13-17(26)22-21-12-14-7-6-10-16(20)11-14/h3-12H,2,13H2,1H3,(H,22,26). The first-order chi connectivity index (χ1) is 13.2.